The van der Waals surface area contributed by atoms with Gasteiger partial charge in [-0.05, 0) is 18.4 Å². The van der Waals surface area contributed by atoms with Crippen molar-refractivity contribution in [2.45, 2.75) is 19.4 Å². The van der Waals surface area contributed by atoms with E-state index >= 15 is 0 Å². The van der Waals surface area contributed by atoms with Gasteiger partial charge in [0.15, 0.2) is 0 Å². The topological polar surface area (TPSA) is 72.6 Å². The van der Waals surface area contributed by atoms with Crippen molar-refractivity contribution in [1.29, 1.82) is 0 Å². The molecule has 5 nitrogen and oxygen atoms in total. The van der Waals surface area contributed by atoms with Crippen LogP contribution in [0.5, 0.6) is 0 Å². The molecule has 1 atom stereocenters. The Bertz CT molecular complexity index is 461. The summed E-state index contributed by atoms with van der Waals surface area (Å²) in [6.45, 7) is 1.56. The van der Waals surface area contributed by atoms with E-state index in [1.807, 2.05) is 30.3 Å². The Balaban J connectivity index is 1.75. The normalized spacial score (nSPS) is 18.8. The molecule has 20 heavy (non-hydrogen) atoms. The second-order valence-electron chi connectivity index (χ2n) is 5.06. The molecule has 1 aliphatic rings. The smallest absolute Gasteiger partial charge is 0.248 e. The molecule has 2 rings (SSSR count). The lowest BCUT2D eigenvalue weighted by atomic mass is 9.97. The van der Waals surface area contributed by atoms with E-state index in [-0.39, 0.29) is 24.3 Å². The minimum absolute atomic E-state index is 0.0420. The van der Waals surface area contributed by atoms with Crippen LogP contribution in [0, 0.1) is 5.92 Å². The Kier molecular flexibility index (Phi) is 5.12. The van der Waals surface area contributed by atoms with Crippen molar-refractivity contribution < 1.29 is 14.3 Å². The number of benzene rings is 1. The third-order valence-corrected chi connectivity index (χ3v) is 3.51. The van der Waals surface area contributed by atoms with Gasteiger partial charge in [-0.25, -0.2) is 0 Å². The van der Waals surface area contributed by atoms with Crippen molar-refractivity contribution in [3.05, 3.63) is 35.9 Å². The van der Waals surface area contributed by atoms with Crippen molar-refractivity contribution in [2.75, 3.05) is 19.7 Å². The summed E-state index contributed by atoms with van der Waals surface area (Å²) in [6, 6.07) is 9.71. The number of carbonyl (C=O) groups excluding carboxylic acids is 2. The first-order valence-corrected chi connectivity index (χ1v) is 6.85. The van der Waals surface area contributed by atoms with Crippen LogP contribution >= 0.6 is 0 Å². The predicted octanol–water partition coefficient (Wildman–Crippen LogP) is 0.927. The zero-order chi connectivity index (χ0) is 14.4. The third kappa shape index (κ3) is 4.06. The van der Waals surface area contributed by atoms with Gasteiger partial charge in [0.1, 0.15) is 6.61 Å². The van der Waals surface area contributed by atoms with Gasteiger partial charge in [0.25, 0.3) is 0 Å². The summed E-state index contributed by atoms with van der Waals surface area (Å²) < 4.78 is 5.42. The SMILES string of the molecule is NC(=O)[C@@H]1CCCN(C(=O)COCc2ccccc2)C1. The first-order chi connectivity index (χ1) is 9.66. The Morgan fingerprint density at radius 3 is 2.75 bits per heavy atom. The quantitative estimate of drug-likeness (QED) is 0.869. The van der Waals surface area contributed by atoms with Crippen LogP contribution in [0.1, 0.15) is 18.4 Å². The minimum Gasteiger partial charge on any atom is -0.369 e. The van der Waals surface area contributed by atoms with E-state index in [1.54, 1.807) is 4.90 Å². The molecule has 0 aromatic heterocycles. The molecule has 0 aliphatic carbocycles. The maximum atomic E-state index is 12.0. The average Bonchev–Trinajstić information content (AvgIpc) is 2.48. The van der Waals surface area contributed by atoms with E-state index in [1.165, 1.54) is 0 Å². The lowest BCUT2D eigenvalue weighted by molar-refractivity contribution is -0.139. The largest absolute Gasteiger partial charge is 0.369 e. The number of amides is 2. The molecule has 0 unspecified atom stereocenters. The molecule has 1 aromatic rings. The minimum atomic E-state index is -0.326. The molecule has 1 heterocycles. The molecule has 5 heteroatoms. The Labute approximate surface area is 118 Å². The molecule has 1 aromatic carbocycles. The van der Waals surface area contributed by atoms with Crippen LogP contribution in [0.2, 0.25) is 0 Å². The summed E-state index contributed by atoms with van der Waals surface area (Å²) in [5.74, 6) is -0.624. The molecule has 0 radical (unpaired) electrons. The maximum absolute atomic E-state index is 12.0. The van der Waals surface area contributed by atoms with Crippen LogP contribution in [0.4, 0.5) is 0 Å². The number of ether oxygens (including phenoxy) is 1. The molecular weight excluding hydrogens is 256 g/mol. The molecule has 1 fully saturated rings. The highest BCUT2D eigenvalue weighted by molar-refractivity contribution is 5.80. The summed E-state index contributed by atoms with van der Waals surface area (Å²) >= 11 is 0. The van der Waals surface area contributed by atoms with Gasteiger partial charge in [0, 0.05) is 13.1 Å². The zero-order valence-electron chi connectivity index (χ0n) is 11.5. The van der Waals surface area contributed by atoms with Crippen molar-refractivity contribution in [1.82, 2.24) is 4.90 Å². The predicted molar refractivity (Wildman–Crippen MR) is 74.6 cm³/mol. The zero-order valence-corrected chi connectivity index (χ0v) is 11.5. The van der Waals surface area contributed by atoms with Crippen LogP contribution < -0.4 is 5.73 Å². The second kappa shape index (κ2) is 7.05. The van der Waals surface area contributed by atoms with Crippen molar-refractivity contribution in [2.24, 2.45) is 11.7 Å². The lowest BCUT2D eigenvalue weighted by Crippen LogP contribution is -2.45. The number of primary amides is 1. The molecule has 1 aliphatic heterocycles. The van der Waals surface area contributed by atoms with Crippen LogP contribution in [0.25, 0.3) is 0 Å². The molecular formula is C15H20N2O3. The second-order valence-corrected chi connectivity index (χ2v) is 5.06. The highest BCUT2D eigenvalue weighted by Gasteiger charge is 2.26. The van der Waals surface area contributed by atoms with Gasteiger partial charge < -0.3 is 15.4 Å². The lowest BCUT2D eigenvalue weighted by Gasteiger charge is -2.31. The standard InChI is InChI=1S/C15H20N2O3/c16-15(19)13-7-4-8-17(9-13)14(18)11-20-10-12-5-2-1-3-6-12/h1-3,5-6,13H,4,7-11H2,(H2,16,19)/t13-/m1/s1. The number of nitrogens with two attached hydrogens (primary N) is 1. The number of carbonyl (C=O) groups is 2. The van der Waals surface area contributed by atoms with Gasteiger partial charge in [0.2, 0.25) is 11.8 Å². The summed E-state index contributed by atoms with van der Waals surface area (Å²) in [4.78, 5) is 24.9. The number of nitrogens with zero attached hydrogens (tertiary/aromatic N) is 1. The van der Waals surface area contributed by atoms with E-state index in [0.29, 0.717) is 19.7 Å². The van der Waals surface area contributed by atoms with Gasteiger partial charge in [0.05, 0.1) is 12.5 Å². The van der Waals surface area contributed by atoms with E-state index < -0.39 is 0 Å². The van der Waals surface area contributed by atoms with E-state index in [0.717, 1.165) is 18.4 Å². The van der Waals surface area contributed by atoms with Crippen molar-refractivity contribution >= 4 is 11.8 Å². The first-order valence-electron chi connectivity index (χ1n) is 6.85. The van der Waals surface area contributed by atoms with Gasteiger partial charge in [-0.1, -0.05) is 30.3 Å². The highest BCUT2D eigenvalue weighted by atomic mass is 16.5. The van der Waals surface area contributed by atoms with E-state index in [9.17, 15) is 9.59 Å². The van der Waals surface area contributed by atoms with Crippen LogP contribution in [-0.2, 0) is 20.9 Å². The molecule has 2 N–H and O–H groups in total. The third-order valence-electron chi connectivity index (χ3n) is 3.51. The highest BCUT2D eigenvalue weighted by Crippen LogP contribution is 2.16. The fourth-order valence-electron chi connectivity index (χ4n) is 2.36. The monoisotopic (exact) mass is 276 g/mol. The summed E-state index contributed by atoms with van der Waals surface area (Å²) in [7, 11) is 0. The Morgan fingerprint density at radius 2 is 2.05 bits per heavy atom. The summed E-state index contributed by atoms with van der Waals surface area (Å²) in [6.07, 6.45) is 1.59. The Morgan fingerprint density at radius 1 is 1.30 bits per heavy atom. The molecule has 0 spiro atoms. The van der Waals surface area contributed by atoms with Crippen LogP contribution in [0.3, 0.4) is 0 Å². The molecule has 0 bridgehead atoms. The molecule has 2 amide bonds. The number of hydrogen-bond donors (Lipinski definition) is 1. The number of hydrogen-bond acceptors (Lipinski definition) is 3. The van der Waals surface area contributed by atoms with Crippen molar-refractivity contribution in [3.8, 4) is 0 Å². The van der Waals surface area contributed by atoms with Gasteiger partial charge >= 0.3 is 0 Å². The van der Waals surface area contributed by atoms with Gasteiger partial charge in [-0.3, -0.25) is 9.59 Å². The fraction of sp³-hybridized carbons (Fsp3) is 0.467. The van der Waals surface area contributed by atoms with E-state index in [2.05, 4.69) is 0 Å². The maximum Gasteiger partial charge on any atom is 0.248 e. The summed E-state index contributed by atoms with van der Waals surface area (Å²) in [5.41, 5.74) is 6.33. The first kappa shape index (κ1) is 14.5. The van der Waals surface area contributed by atoms with Crippen molar-refractivity contribution in [3.63, 3.8) is 0 Å². The molecule has 1 saturated heterocycles. The number of piperidine rings is 1. The van der Waals surface area contributed by atoms with E-state index in [4.69, 9.17) is 10.5 Å². The molecule has 0 saturated carbocycles. The Hall–Kier alpha value is -1.88. The fourth-order valence-corrected chi connectivity index (χ4v) is 2.36. The average molecular weight is 276 g/mol. The number of rotatable bonds is 5. The van der Waals surface area contributed by atoms with Crippen LogP contribution in [-0.4, -0.2) is 36.4 Å². The van der Waals surface area contributed by atoms with Crippen LogP contribution in [0.15, 0.2) is 30.3 Å². The van der Waals surface area contributed by atoms with Gasteiger partial charge in [-0.2, -0.15) is 0 Å². The number of likely N-dealkylation sites (tertiary alicyclic amines) is 1. The molecule has 108 valence electrons. The summed E-state index contributed by atoms with van der Waals surface area (Å²) in [5, 5.41) is 0. The van der Waals surface area contributed by atoms with Gasteiger partial charge in [-0.15, -0.1) is 0 Å².